The molecule has 0 saturated heterocycles. The molecule has 0 bridgehead atoms. The zero-order valence-corrected chi connectivity index (χ0v) is 67.9. The number of hydrogen-bond donors (Lipinski definition) is 0. The van der Waals surface area contributed by atoms with Crippen LogP contribution in [0, 0.1) is 84.2 Å². The van der Waals surface area contributed by atoms with Crippen LogP contribution in [0.15, 0.2) is 0 Å². The molecule has 0 aliphatic heterocycles. The maximum atomic E-state index is 13.1. The molecule has 0 radical (unpaired) electrons. The summed E-state index contributed by atoms with van der Waals surface area (Å²) in [6.45, 7) is 52.4. The third-order valence-electron chi connectivity index (χ3n) is 23.8. The van der Waals surface area contributed by atoms with Gasteiger partial charge in [0.25, 0.3) is 0 Å². The Hall–Kier alpha value is -1.68. The predicted octanol–water partition coefficient (Wildman–Crippen LogP) is 33.8. The van der Waals surface area contributed by atoms with Gasteiger partial charge in [-0.05, 0) is 124 Å². The lowest BCUT2D eigenvalue weighted by molar-refractivity contribution is -0.259. The van der Waals surface area contributed by atoms with Crippen molar-refractivity contribution in [2.45, 2.75) is 406 Å². The van der Waals surface area contributed by atoms with Crippen LogP contribution in [0.4, 0.5) is 105 Å². The first kappa shape index (κ1) is 114. The third kappa shape index (κ3) is 33.2. The van der Waals surface area contributed by atoms with Gasteiger partial charge in [0.05, 0.1) is 43.3 Å². The molecule has 0 amide bonds. The van der Waals surface area contributed by atoms with Crippen molar-refractivity contribution in [3.8, 4) is 0 Å². The summed E-state index contributed by atoms with van der Waals surface area (Å²) in [5.41, 5.74) is -12.7. The Morgan fingerprint density at radius 1 is 0.210 bits per heavy atom. The van der Waals surface area contributed by atoms with Crippen LogP contribution in [-0.2, 0) is 0 Å². The molecule has 0 fully saturated rings. The molecule has 0 aliphatic rings. The quantitative estimate of drug-likeness (QED) is 0.0685. The second-order valence-electron chi connectivity index (χ2n) is 30.6. The van der Waals surface area contributed by atoms with E-state index in [1.165, 1.54) is 55.4 Å². The summed E-state index contributed by atoms with van der Waals surface area (Å²) in [4.78, 5) is 0. The zero-order valence-electron chi connectivity index (χ0n) is 67.9. The van der Waals surface area contributed by atoms with Crippen molar-refractivity contribution in [3.05, 3.63) is 0 Å². The monoisotopic (exact) mass is 1510 g/mol. The molecular formula is C76H144F24. The van der Waals surface area contributed by atoms with Crippen molar-refractivity contribution >= 4 is 0 Å². The van der Waals surface area contributed by atoms with Crippen LogP contribution in [0.2, 0.25) is 0 Å². The SMILES string of the molecule is CCC(C)(CC)C(F)(F)F.CCC(C)(CC)[C@](C)(CC)C(F)(F)F.CCC(CC)[C@](C)(CC)C(F)(F)F.CCCC(C)(CCC)C(F)(F)F.CCC[C@@](C)(C(CC)CC)C(F)(F)F.CCC[C@](C)(CC)C(F)(F)F.CC[C@@](C)(C(C(C)C)C(C)C)C(F)(F)F.CC[C@@](C)(C(C)C)C(F)(F)F. The highest BCUT2D eigenvalue weighted by atomic mass is 19.4. The fraction of sp³-hybridized carbons (Fsp3) is 1.00. The number of halogens is 24. The first-order chi connectivity index (χ1) is 44.3. The summed E-state index contributed by atoms with van der Waals surface area (Å²) in [6.07, 6.45) is -24.6. The lowest BCUT2D eigenvalue weighted by Gasteiger charge is -2.46. The van der Waals surface area contributed by atoms with Gasteiger partial charge in [-0.1, -0.05) is 273 Å². The largest absolute Gasteiger partial charge is 0.394 e. The molecular weight excluding hydrogens is 1370 g/mol. The van der Waals surface area contributed by atoms with Gasteiger partial charge in [0.1, 0.15) is 0 Å². The molecule has 0 saturated carbocycles. The van der Waals surface area contributed by atoms with Gasteiger partial charge in [0, 0.05) is 0 Å². The molecule has 0 spiro atoms. The second kappa shape index (κ2) is 46.5. The number of hydrogen-bond acceptors (Lipinski definition) is 0. The Morgan fingerprint density at radius 2 is 0.440 bits per heavy atom. The summed E-state index contributed by atoms with van der Waals surface area (Å²) in [5.74, 6) is -1.07. The molecule has 0 N–H and O–H groups in total. The van der Waals surface area contributed by atoms with Gasteiger partial charge >= 0.3 is 49.4 Å². The van der Waals surface area contributed by atoms with E-state index in [2.05, 4.69) is 0 Å². The Bertz CT molecular complexity index is 1970. The summed E-state index contributed by atoms with van der Waals surface area (Å²) >= 11 is 0. The first-order valence-corrected chi connectivity index (χ1v) is 36.8. The van der Waals surface area contributed by atoms with Crippen LogP contribution >= 0.6 is 0 Å². The minimum atomic E-state index is -4.11. The van der Waals surface area contributed by atoms with Gasteiger partial charge in [0.15, 0.2) is 0 Å². The normalized spacial score (nSPS) is 16.9. The first-order valence-electron chi connectivity index (χ1n) is 36.8. The van der Waals surface area contributed by atoms with Crippen LogP contribution in [-0.4, -0.2) is 49.4 Å². The Labute approximate surface area is 593 Å². The Morgan fingerprint density at radius 3 is 0.530 bits per heavy atom. The molecule has 616 valence electrons. The molecule has 0 heterocycles. The standard InChI is InChI=1S/C12H23F3.2C11H21F3.C10H19F3.C9H17F3.2C8H15F3.C7H13F3/c1-7-11(6,12(13,14)15)10(8(2)3)9(4)5;1-6-9(4,7-2)10(5,8-3)11(12,13)14;1-5-8-10(4,11(12,13)14)9(6-2)7-3;1-5-8(6-2)9(4,7-3)10(11,12)13;1-4-6-8(3,7-5-2)9(10,11)12;1-5-7(4,6(2)3)8(9,10)11;1-4-6-7(3,5-2)8(9,10)11;1-4-6(3,5-2)7(8,9)10/h8-10H,7H2,1-6H3;6-8H2,1-5H3;9H,5-8H2,1-4H3;8H,5-7H2,1-4H3;4-7H2,1-3H3;6H,5H2,1-4H3;4-6H2,1-3H3;4-5H2,1-3H3/t11-;2*10-;9-;;2*7-;/m0000.00./s1. The highest BCUT2D eigenvalue weighted by Crippen LogP contribution is 2.57. The van der Waals surface area contributed by atoms with Gasteiger partial charge in [-0.2, -0.15) is 105 Å². The zero-order chi connectivity index (χ0) is 82.8. The van der Waals surface area contributed by atoms with E-state index in [1.54, 1.807) is 90.0 Å². The van der Waals surface area contributed by atoms with Gasteiger partial charge in [-0.25, -0.2) is 0 Å². The maximum Gasteiger partial charge on any atom is 0.394 e. The lowest BCUT2D eigenvalue weighted by atomic mass is 9.60. The van der Waals surface area contributed by atoms with E-state index in [0.29, 0.717) is 64.2 Å². The van der Waals surface area contributed by atoms with Gasteiger partial charge in [-0.15, -0.1) is 0 Å². The average molecular weight is 1510 g/mol. The molecule has 100 heavy (non-hydrogen) atoms. The Balaban J connectivity index is -0.000000162. The molecule has 0 aromatic rings. The molecule has 0 aromatic carbocycles. The minimum Gasteiger partial charge on any atom is -0.171 e. The van der Waals surface area contributed by atoms with Gasteiger partial charge < -0.3 is 0 Å². The topological polar surface area (TPSA) is 0 Å². The number of alkyl halides is 24. The van der Waals surface area contributed by atoms with Crippen LogP contribution in [0.5, 0.6) is 0 Å². The van der Waals surface area contributed by atoms with Crippen molar-refractivity contribution < 1.29 is 105 Å². The molecule has 24 heteroatoms. The summed E-state index contributed by atoms with van der Waals surface area (Å²) in [6, 6.07) is 0. The molecule has 0 aromatic heterocycles. The highest BCUT2D eigenvalue weighted by molar-refractivity contribution is 4.96. The minimum absolute atomic E-state index is 0.0524. The highest BCUT2D eigenvalue weighted by Gasteiger charge is 2.60. The van der Waals surface area contributed by atoms with E-state index in [9.17, 15) is 105 Å². The van der Waals surface area contributed by atoms with Crippen molar-refractivity contribution in [2.24, 2.45) is 84.2 Å². The Kier molecular flexibility index (Phi) is 53.1. The molecule has 0 rings (SSSR count). The van der Waals surface area contributed by atoms with Crippen LogP contribution in [0.3, 0.4) is 0 Å². The lowest BCUT2D eigenvalue weighted by Crippen LogP contribution is -2.47. The predicted molar refractivity (Wildman–Crippen MR) is 370 cm³/mol. The fourth-order valence-corrected chi connectivity index (χ4v) is 13.2. The van der Waals surface area contributed by atoms with Crippen LogP contribution in [0.1, 0.15) is 356 Å². The fourth-order valence-electron chi connectivity index (χ4n) is 13.2. The maximum absolute atomic E-state index is 13.1. The van der Waals surface area contributed by atoms with E-state index >= 15 is 0 Å². The smallest absolute Gasteiger partial charge is 0.171 e. The van der Waals surface area contributed by atoms with E-state index in [1.807, 2.05) is 76.2 Å². The summed E-state index contributed by atoms with van der Waals surface area (Å²) < 4.78 is 303. The van der Waals surface area contributed by atoms with E-state index in [0.717, 1.165) is 0 Å². The van der Waals surface area contributed by atoms with Crippen molar-refractivity contribution in [1.29, 1.82) is 0 Å². The third-order valence-corrected chi connectivity index (χ3v) is 23.8. The summed E-state index contributed by atoms with van der Waals surface area (Å²) in [7, 11) is 0. The van der Waals surface area contributed by atoms with E-state index in [4.69, 9.17) is 0 Å². The van der Waals surface area contributed by atoms with E-state index < -0.39 is 98.1 Å². The van der Waals surface area contributed by atoms with E-state index in [-0.39, 0.29) is 106 Å². The second-order valence-corrected chi connectivity index (χ2v) is 30.6. The van der Waals surface area contributed by atoms with Crippen LogP contribution in [0.25, 0.3) is 0 Å². The van der Waals surface area contributed by atoms with Gasteiger partial charge in [-0.3, -0.25) is 0 Å². The summed E-state index contributed by atoms with van der Waals surface area (Å²) in [5, 5.41) is 0. The average Bonchev–Trinajstić information content (AvgIpc) is 0.777. The van der Waals surface area contributed by atoms with Gasteiger partial charge in [0.2, 0.25) is 0 Å². The molecule has 0 nitrogen and oxygen atoms in total. The molecule has 6 atom stereocenters. The molecule has 0 aliphatic carbocycles. The number of rotatable bonds is 28. The molecule has 0 unspecified atom stereocenters. The van der Waals surface area contributed by atoms with Crippen molar-refractivity contribution in [3.63, 3.8) is 0 Å². The van der Waals surface area contributed by atoms with Crippen molar-refractivity contribution in [2.75, 3.05) is 0 Å². The van der Waals surface area contributed by atoms with Crippen LogP contribution < -0.4 is 0 Å². The van der Waals surface area contributed by atoms with Crippen molar-refractivity contribution in [1.82, 2.24) is 0 Å².